The minimum atomic E-state index is -0.303. The molecule has 1 aromatic heterocycles. The second kappa shape index (κ2) is 6.72. The van der Waals surface area contributed by atoms with E-state index in [1.165, 1.54) is 0 Å². The molecule has 1 aliphatic heterocycles. The Labute approximate surface area is 148 Å². The largest absolute Gasteiger partial charge is 0.486 e. The quantitative estimate of drug-likeness (QED) is 0.837. The molecule has 1 aliphatic rings. The molecule has 0 fully saturated rings. The van der Waals surface area contributed by atoms with Gasteiger partial charge in [-0.2, -0.15) is 5.10 Å². The van der Waals surface area contributed by atoms with Gasteiger partial charge in [0.15, 0.2) is 11.5 Å². The highest BCUT2D eigenvalue weighted by Crippen LogP contribution is 2.38. The van der Waals surface area contributed by atoms with Crippen molar-refractivity contribution >= 4 is 27.6 Å². The van der Waals surface area contributed by atoms with Crippen LogP contribution in [0.25, 0.3) is 0 Å². The summed E-state index contributed by atoms with van der Waals surface area (Å²) in [5.41, 5.74) is 2.61. The van der Waals surface area contributed by atoms with Crippen molar-refractivity contribution in [1.82, 2.24) is 15.1 Å². The Morgan fingerprint density at radius 1 is 1.33 bits per heavy atom. The lowest BCUT2D eigenvalue weighted by Gasteiger charge is -2.20. The van der Waals surface area contributed by atoms with Crippen LogP contribution in [0.3, 0.4) is 0 Å². The fourth-order valence-electron chi connectivity index (χ4n) is 2.53. The first-order valence-electron chi connectivity index (χ1n) is 7.61. The summed E-state index contributed by atoms with van der Waals surface area (Å²) in [5, 5.41) is 9.94. The third-order valence-corrected chi connectivity index (χ3v) is 4.62. The van der Waals surface area contributed by atoms with E-state index in [2.05, 4.69) is 31.7 Å². The van der Waals surface area contributed by atoms with Crippen molar-refractivity contribution in [3.05, 3.63) is 34.1 Å². The first kappa shape index (κ1) is 16.6. The summed E-state index contributed by atoms with van der Waals surface area (Å²) in [5.74, 6) is 1.29. The van der Waals surface area contributed by atoms with Gasteiger partial charge in [-0.05, 0) is 29.8 Å². The molecule has 2 heterocycles. The number of halogens is 1. The fourth-order valence-corrected chi connectivity index (χ4v) is 2.95. The fraction of sp³-hybridized carbons (Fsp3) is 0.375. The van der Waals surface area contributed by atoms with Gasteiger partial charge in [-0.25, -0.2) is 4.79 Å². The number of aromatic nitrogens is 2. The number of amides is 2. The van der Waals surface area contributed by atoms with E-state index >= 15 is 0 Å². The van der Waals surface area contributed by atoms with E-state index in [0.717, 1.165) is 15.7 Å². The molecule has 0 unspecified atom stereocenters. The van der Waals surface area contributed by atoms with Crippen LogP contribution in [0.1, 0.15) is 24.2 Å². The monoisotopic (exact) mass is 394 g/mol. The molecule has 0 aliphatic carbocycles. The predicted molar refractivity (Wildman–Crippen MR) is 93.6 cm³/mol. The molecule has 0 spiro atoms. The third kappa shape index (κ3) is 3.33. The van der Waals surface area contributed by atoms with Crippen LogP contribution in [0, 0.1) is 6.92 Å². The first-order chi connectivity index (χ1) is 11.5. The molecule has 7 nitrogen and oxygen atoms in total. The van der Waals surface area contributed by atoms with Crippen LogP contribution in [0.2, 0.25) is 0 Å². The highest BCUT2D eigenvalue weighted by atomic mass is 79.9. The molecular formula is C16H19BrN4O3. The summed E-state index contributed by atoms with van der Waals surface area (Å²) < 4.78 is 13.6. The van der Waals surface area contributed by atoms with Gasteiger partial charge in [-0.15, -0.1) is 0 Å². The van der Waals surface area contributed by atoms with Gasteiger partial charge >= 0.3 is 6.03 Å². The van der Waals surface area contributed by atoms with E-state index in [-0.39, 0.29) is 12.1 Å². The Morgan fingerprint density at radius 2 is 2.00 bits per heavy atom. The summed E-state index contributed by atoms with van der Waals surface area (Å²) in [6.45, 7) is 4.91. The highest BCUT2D eigenvalue weighted by Gasteiger charge is 2.18. The van der Waals surface area contributed by atoms with Crippen LogP contribution in [-0.2, 0) is 7.05 Å². The highest BCUT2D eigenvalue weighted by molar-refractivity contribution is 9.10. The minimum absolute atomic E-state index is 0.158. The number of nitrogens with one attached hydrogen (secondary N) is 2. The van der Waals surface area contributed by atoms with Gasteiger partial charge in [0.25, 0.3) is 0 Å². The average Bonchev–Trinajstić information content (AvgIpc) is 2.87. The number of hydrogen-bond acceptors (Lipinski definition) is 4. The van der Waals surface area contributed by atoms with E-state index in [1.54, 1.807) is 23.0 Å². The Bertz CT molecular complexity index is 775. The topological polar surface area (TPSA) is 77.4 Å². The second-order valence-electron chi connectivity index (χ2n) is 5.60. The Morgan fingerprint density at radius 3 is 2.62 bits per heavy atom. The lowest BCUT2D eigenvalue weighted by Crippen LogP contribution is -2.31. The number of urea groups is 1. The zero-order chi connectivity index (χ0) is 17.3. The third-order valence-electron chi connectivity index (χ3n) is 3.97. The van der Waals surface area contributed by atoms with Crippen LogP contribution in [0.15, 0.2) is 22.8 Å². The molecule has 1 atom stereocenters. The Hall–Kier alpha value is -2.22. The molecule has 2 N–H and O–H groups in total. The van der Waals surface area contributed by atoms with Crippen molar-refractivity contribution < 1.29 is 14.3 Å². The summed E-state index contributed by atoms with van der Waals surface area (Å²) in [4.78, 5) is 12.3. The van der Waals surface area contributed by atoms with E-state index in [0.29, 0.717) is 30.4 Å². The minimum Gasteiger partial charge on any atom is -0.486 e. The van der Waals surface area contributed by atoms with Gasteiger partial charge in [0, 0.05) is 34.9 Å². The molecule has 1 aromatic carbocycles. The van der Waals surface area contributed by atoms with Crippen molar-refractivity contribution in [3.8, 4) is 11.5 Å². The molecule has 0 radical (unpaired) electrons. The van der Waals surface area contributed by atoms with Gasteiger partial charge in [0.1, 0.15) is 13.2 Å². The van der Waals surface area contributed by atoms with Gasteiger partial charge in [-0.1, -0.05) is 0 Å². The maximum absolute atomic E-state index is 12.3. The number of anilines is 1. The van der Waals surface area contributed by atoms with Crippen molar-refractivity contribution in [2.75, 3.05) is 18.5 Å². The summed E-state index contributed by atoms with van der Waals surface area (Å²) in [6, 6.07) is 3.08. The molecule has 24 heavy (non-hydrogen) atoms. The van der Waals surface area contributed by atoms with E-state index < -0.39 is 0 Å². The van der Waals surface area contributed by atoms with Crippen LogP contribution >= 0.6 is 15.9 Å². The Kier molecular flexibility index (Phi) is 4.66. The molecule has 0 saturated heterocycles. The zero-order valence-corrected chi connectivity index (χ0v) is 15.3. The van der Waals surface area contributed by atoms with Gasteiger partial charge in [-0.3, -0.25) is 4.68 Å². The lowest BCUT2D eigenvalue weighted by molar-refractivity contribution is 0.171. The SMILES string of the molecule is Cc1c([C@H](C)NC(=O)Nc2cc3c(cc2Br)OCCO3)cnn1C. The second-order valence-corrected chi connectivity index (χ2v) is 6.46. The van der Waals surface area contributed by atoms with E-state index in [9.17, 15) is 4.79 Å². The van der Waals surface area contributed by atoms with Gasteiger partial charge in [0.2, 0.25) is 0 Å². The number of rotatable bonds is 3. The molecule has 0 saturated carbocycles. The van der Waals surface area contributed by atoms with Crippen LogP contribution in [-0.4, -0.2) is 29.0 Å². The van der Waals surface area contributed by atoms with Crippen LogP contribution < -0.4 is 20.1 Å². The number of carbonyl (C=O) groups excluding carboxylic acids is 1. The first-order valence-corrected chi connectivity index (χ1v) is 8.40. The van der Waals surface area contributed by atoms with Gasteiger partial charge in [0.05, 0.1) is 17.9 Å². The number of carbonyl (C=O) groups is 1. The Balaban J connectivity index is 1.70. The maximum atomic E-state index is 12.3. The number of benzene rings is 1. The zero-order valence-electron chi connectivity index (χ0n) is 13.7. The number of fused-ring (bicyclic) bond motifs is 1. The number of aryl methyl sites for hydroxylation is 1. The molecule has 3 rings (SSSR count). The van der Waals surface area contributed by atoms with Crippen molar-refractivity contribution in [1.29, 1.82) is 0 Å². The molecule has 0 bridgehead atoms. The van der Waals surface area contributed by atoms with Crippen molar-refractivity contribution in [2.24, 2.45) is 7.05 Å². The average molecular weight is 395 g/mol. The molecule has 8 heteroatoms. The maximum Gasteiger partial charge on any atom is 0.319 e. The standard InChI is InChI=1S/C16H19BrN4O3/c1-9(11-8-18-21(3)10(11)2)19-16(22)20-13-7-15-14(6-12(13)17)23-4-5-24-15/h6-9H,4-5H2,1-3H3,(H2,19,20,22)/t9-/m0/s1. The summed E-state index contributed by atoms with van der Waals surface area (Å²) in [7, 11) is 1.87. The van der Waals surface area contributed by atoms with Crippen LogP contribution in [0.5, 0.6) is 11.5 Å². The number of hydrogen-bond donors (Lipinski definition) is 2. The molecule has 128 valence electrons. The van der Waals surface area contributed by atoms with E-state index in [4.69, 9.17) is 9.47 Å². The van der Waals surface area contributed by atoms with Gasteiger partial charge < -0.3 is 20.1 Å². The van der Waals surface area contributed by atoms with E-state index in [1.807, 2.05) is 20.9 Å². The number of ether oxygens (including phenoxy) is 2. The molecular weight excluding hydrogens is 376 g/mol. The number of nitrogens with zero attached hydrogens (tertiary/aromatic N) is 2. The summed E-state index contributed by atoms with van der Waals surface area (Å²) >= 11 is 3.44. The van der Waals surface area contributed by atoms with Crippen molar-refractivity contribution in [3.63, 3.8) is 0 Å². The predicted octanol–water partition coefficient (Wildman–Crippen LogP) is 3.14. The molecule has 2 aromatic rings. The smallest absolute Gasteiger partial charge is 0.319 e. The van der Waals surface area contributed by atoms with Crippen LogP contribution in [0.4, 0.5) is 10.5 Å². The normalized spacial score (nSPS) is 14.2. The van der Waals surface area contributed by atoms with Crippen molar-refractivity contribution in [2.45, 2.75) is 19.9 Å². The lowest BCUT2D eigenvalue weighted by atomic mass is 10.1. The summed E-state index contributed by atoms with van der Waals surface area (Å²) in [6.07, 6.45) is 1.76. The molecule has 2 amide bonds.